The van der Waals surface area contributed by atoms with Gasteiger partial charge in [0.2, 0.25) is 0 Å². The number of ether oxygens (including phenoxy) is 3. The molecule has 0 amide bonds. The van der Waals surface area contributed by atoms with Gasteiger partial charge in [-0.25, -0.2) is 0 Å². The Morgan fingerprint density at radius 1 is 0.323 bits per heavy atom. The maximum atomic E-state index is 12.8. The van der Waals surface area contributed by atoms with E-state index in [1.54, 1.807) is 0 Å². The summed E-state index contributed by atoms with van der Waals surface area (Å²) in [5.41, 5.74) is 0. The number of hydrogen-bond donors (Lipinski definition) is 0. The average Bonchev–Trinajstić information content (AvgIpc) is 3.30. The van der Waals surface area contributed by atoms with Crippen LogP contribution in [0.3, 0.4) is 0 Å². The van der Waals surface area contributed by atoms with E-state index in [-0.39, 0.29) is 31.1 Å². The molecule has 0 fully saturated rings. The van der Waals surface area contributed by atoms with E-state index in [0.717, 1.165) is 154 Å². The molecule has 0 N–H and O–H groups in total. The van der Waals surface area contributed by atoms with Gasteiger partial charge in [-0.2, -0.15) is 0 Å². The molecule has 1 unspecified atom stereocenters. The molecule has 0 heterocycles. The average molecular weight is 899 g/mol. The molecule has 1 atom stereocenters. The molecule has 0 aliphatic heterocycles. The van der Waals surface area contributed by atoms with E-state index in [1.165, 1.54) is 12.8 Å². The van der Waals surface area contributed by atoms with Crippen molar-refractivity contribution < 1.29 is 28.6 Å². The van der Waals surface area contributed by atoms with Gasteiger partial charge in [0.05, 0.1) is 0 Å². The summed E-state index contributed by atoms with van der Waals surface area (Å²) in [6, 6.07) is 0. The second kappa shape index (κ2) is 52.4. The van der Waals surface area contributed by atoms with E-state index in [0.29, 0.717) is 25.7 Å². The van der Waals surface area contributed by atoms with Gasteiger partial charge in [-0.15, -0.1) is 0 Å². The van der Waals surface area contributed by atoms with E-state index in [1.807, 2.05) is 0 Å². The highest BCUT2D eigenvalue weighted by molar-refractivity contribution is 5.71. The van der Waals surface area contributed by atoms with Crippen LogP contribution in [0.4, 0.5) is 0 Å². The van der Waals surface area contributed by atoms with Crippen LogP contribution in [-0.4, -0.2) is 37.2 Å². The van der Waals surface area contributed by atoms with Gasteiger partial charge in [0.1, 0.15) is 13.2 Å². The summed E-state index contributed by atoms with van der Waals surface area (Å²) < 4.78 is 16.7. The van der Waals surface area contributed by atoms with Crippen molar-refractivity contribution in [1.82, 2.24) is 0 Å². The summed E-state index contributed by atoms with van der Waals surface area (Å²) in [5.74, 6) is -0.990. The lowest BCUT2D eigenvalue weighted by Gasteiger charge is -2.18. The minimum atomic E-state index is -0.812. The van der Waals surface area contributed by atoms with Crippen LogP contribution in [0.25, 0.3) is 0 Å². The summed E-state index contributed by atoms with van der Waals surface area (Å²) in [5, 5.41) is 0. The predicted octanol–water partition coefficient (Wildman–Crippen LogP) is 17.3. The fourth-order valence-corrected chi connectivity index (χ4v) is 6.52. The third-order valence-electron chi connectivity index (χ3n) is 10.4. The monoisotopic (exact) mass is 899 g/mol. The van der Waals surface area contributed by atoms with E-state index in [2.05, 4.69) is 142 Å². The normalized spacial score (nSPS) is 13.1. The zero-order valence-electron chi connectivity index (χ0n) is 41.7. The van der Waals surface area contributed by atoms with Crippen LogP contribution >= 0.6 is 0 Å². The Morgan fingerprint density at radius 2 is 0.600 bits per heavy atom. The summed E-state index contributed by atoms with van der Waals surface area (Å²) in [7, 11) is 0. The van der Waals surface area contributed by atoms with Gasteiger partial charge in [-0.05, 0) is 122 Å². The van der Waals surface area contributed by atoms with Crippen LogP contribution in [-0.2, 0) is 28.6 Å². The maximum Gasteiger partial charge on any atom is 0.306 e. The number of esters is 3. The number of unbranched alkanes of at least 4 members (excludes halogenated alkanes) is 14. The Kier molecular flexibility index (Phi) is 49.1. The molecule has 0 radical (unpaired) electrons. The van der Waals surface area contributed by atoms with Gasteiger partial charge in [-0.3, -0.25) is 14.4 Å². The third-order valence-corrected chi connectivity index (χ3v) is 10.4. The molecular weight excluding hydrogens is 805 g/mol. The van der Waals surface area contributed by atoms with Crippen LogP contribution in [0.5, 0.6) is 0 Å². The second-order valence-corrected chi connectivity index (χ2v) is 16.7. The van der Waals surface area contributed by atoms with Crippen molar-refractivity contribution in [3.8, 4) is 0 Å². The molecule has 0 saturated heterocycles. The highest BCUT2D eigenvalue weighted by Gasteiger charge is 2.19. The molecule has 0 aromatic rings. The Bertz CT molecular complexity index is 1400. The van der Waals surface area contributed by atoms with Crippen molar-refractivity contribution in [1.29, 1.82) is 0 Å². The molecule has 0 aliphatic carbocycles. The van der Waals surface area contributed by atoms with E-state index >= 15 is 0 Å². The van der Waals surface area contributed by atoms with Crippen molar-refractivity contribution in [2.75, 3.05) is 13.2 Å². The molecule has 0 bridgehead atoms. The first-order chi connectivity index (χ1) is 32.0. The van der Waals surface area contributed by atoms with Crippen LogP contribution in [0.1, 0.15) is 213 Å². The zero-order chi connectivity index (χ0) is 47.2. The van der Waals surface area contributed by atoms with Crippen molar-refractivity contribution in [3.63, 3.8) is 0 Å². The third kappa shape index (κ3) is 50.7. The van der Waals surface area contributed by atoms with Gasteiger partial charge in [0.15, 0.2) is 6.10 Å². The smallest absolute Gasteiger partial charge is 0.306 e. The highest BCUT2D eigenvalue weighted by atomic mass is 16.6. The summed E-state index contributed by atoms with van der Waals surface area (Å²) in [6.45, 7) is 6.31. The Morgan fingerprint density at radius 3 is 0.969 bits per heavy atom. The fourth-order valence-electron chi connectivity index (χ4n) is 6.52. The first-order valence-corrected chi connectivity index (χ1v) is 26.0. The first kappa shape index (κ1) is 60.8. The summed E-state index contributed by atoms with van der Waals surface area (Å²) in [6.07, 6.45) is 71.8. The number of rotatable bonds is 45. The molecule has 6 heteroatoms. The van der Waals surface area contributed by atoms with Gasteiger partial charge < -0.3 is 14.2 Å². The number of carbonyl (C=O) groups is 3. The quantitative estimate of drug-likeness (QED) is 0.0262. The van der Waals surface area contributed by atoms with Gasteiger partial charge in [0, 0.05) is 19.3 Å². The van der Waals surface area contributed by atoms with Gasteiger partial charge in [0.25, 0.3) is 0 Å². The lowest BCUT2D eigenvalue weighted by molar-refractivity contribution is -0.167. The zero-order valence-corrected chi connectivity index (χ0v) is 41.7. The minimum absolute atomic E-state index is 0.109. The molecule has 0 saturated carbocycles. The maximum absolute atomic E-state index is 12.8. The van der Waals surface area contributed by atoms with Gasteiger partial charge in [-0.1, -0.05) is 194 Å². The number of allylic oxidation sites excluding steroid dienone is 20. The fraction of sp³-hybridized carbons (Fsp3) is 0.610. The molecule has 366 valence electrons. The predicted molar refractivity (Wildman–Crippen MR) is 279 cm³/mol. The topological polar surface area (TPSA) is 78.9 Å². The summed E-state index contributed by atoms with van der Waals surface area (Å²) >= 11 is 0. The Balaban J connectivity index is 4.49. The molecule has 0 aromatic carbocycles. The standard InChI is InChI=1S/C59H94O6/c1-4-7-10-13-16-19-22-25-26-27-28-29-30-31-32-35-37-40-43-46-49-52-58(61)64-55-56(65-59(62)53-50-47-44-41-38-34-24-21-18-15-12-9-6-3)54-63-57(60)51-48-45-42-39-36-33-23-20-17-14-11-8-5-2/h7,10-12,14-16,19-21,23-26,28-29,31-32,37,40,56H,4-6,8-9,13,17-18,22,27,30,33-36,38-39,41-55H2,1-3H3/b10-7-,14-11-,15-12-,19-16-,23-20-,24-21-,26-25-,29-28-,32-31-,40-37-. The SMILES string of the molecule is CC/C=C\C/C=C\C/C=C\C/C=C\C/C=C\C/C=C\CCCCC(=O)OCC(COC(=O)CCCCCCC/C=C\C/C=C\CCC)OC(=O)CCCCCCC/C=C\C/C=C\CCC. The molecule has 6 nitrogen and oxygen atoms in total. The summed E-state index contributed by atoms with van der Waals surface area (Å²) in [4.78, 5) is 38.0. The lowest BCUT2D eigenvalue weighted by atomic mass is 10.1. The Labute approximate surface area is 399 Å². The van der Waals surface area contributed by atoms with Crippen LogP contribution in [0.2, 0.25) is 0 Å². The van der Waals surface area contributed by atoms with Crippen LogP contribution in [0, 0.1) is 0 Å². The molecule has 0 aromatic heterocycles. The number of carbonyl (C=O) groups excluding carboxylic acids is 3. The first-order valence-electron chi connectivity index (χ1n) is 26.0. The van der Waals surface area contributed by atoms with Crippen molar-refractivity contribution in [3.05, 3.63) is 122 Å². The van der Waals surface area contributed by atoms with Crippen LogP contribution in [0.15, 0.2) is 122 Å². The molecular formula is C59H94O6. The lowest BCUT2D eigenvalue weighted by Crippen LogP contribution is -2.30. The van der Waals surface area contributed by atoms with E-state index < -0.39 is 6.10 Å². The van der Waals surface area contributed by atoms with Crippen molar-refractivity contribution in [2.24, 2.45) is 0 Å². The largest absolute Gasteiger partial charge is 0.462 e. The van der Waals surface area contributed by atoms with E-state index in [4.69, 9.17) is 14.2 Å². The molecule has 0 aliphatic rings. The number of hydrogen-bond acceptors (Lipinski definition) is 6. The molecule has 0 spiro atoms. The van der Waals surface area contributed by atoms with Crippen molar-refractivity contribution >= 4 is 17.9 Å². The second-order valence-electron chi connectivity index (χ2n) is 16.7. The molecule has 0 rings (SSSR count). The highest BCUT2D eigenvalue weighted by Crippen LogP contribution is 2.12. The van der Waals surface area contributed by atoms with E-state index in [9.17, 15) is 14.4 Å². The Hall–Kier alpha value is -4.19. The van der Waals surface area contributed by atoms with Crippen molar-refractivity contribution in [2.45, 2.75) is 219 Å². The van der Waals surface area contributed by atoms with Crippen LogP contribution < -0.4 is 0 Å². The van der Waals surface area contributed by atoms with Gasteiger partial charge >= 0.3 is 17.9 Å². The molecule has 65 heavy (non-hydrogen) atoms. The minimum Gasteiger partial charge on any atom is -0.462 e.